The second-order valence-electron chi connectivity index (χ2n) is 6.70. The minimum atomic E-state index is -4.37. The summed E-state index contributed by atoms with van der Waals surface area (Å²) in [6, 6.07) is 13.1. The number of carboxylic acids is 1. The average Bonchev–Trinajstić information content (AvgIpc) is 3.23. The van der Waals surface area contributed by atoms with Crippen LogP contribution in [0.4, 0.5) is 0 Å². The lowest BCUT2D eigenvalue weighted by atomic mass is 10.1. The van der Waals surface area contributed by atoms with Crippen molar-refractivity contribution in [2.75, 3.05) is 12.3 Å². The number of rotatable bonds is 7. The lowest BCUT2D eigenvalue weighted by Crippen LogP contribution is -2.54. The number of benzene rings is 2. The molecule has 1 fully saturated rings. The predicted octanol–water partition coefficient (Wildman–Crippen LogP) is 1.87. The van der Waals surface area contributed by atoms with E-state index in [0.717, 1.165) is 5.56 Å². The van der Waals surface area contributed by atoms with E-state index in [1.165, 1.54) is 23.9 Å². The molecule has 1 heterocycles. The van der Waals surface area contributed by atoms with E-state index in [9.17, 15) is 23.1 Å². The van der Waals surface area contributed by atoms with Crippen molar-refractivity contribution in [3.63, 3.8) is 0 Å². The second-order valence-corrected chi connectivity index (χ2v) is 9.73. The molecule has 1 saturated heterocycles. The number of carbonyl (C=O) groups excluding carboxylic acids is 1. The predicted molar refractivity (Wildman–Crippen MR) is 111 cm³/mol. The van der Waals surface area contributed by atoms with E-state index < -0.39 is 33.3 Å². The first-order valence-electron chi connectivity index (χ1n) is 9.07. The summed E-state index contributed by atoms with van der Waals surface area (Å²) in [5.74, 6) is -1.50. The Bertz CT molecular complexity index is 972. The molecule has 0 unspecified atom stereocenters. The molecule has 2 aromatic rings. The molecule has 7 nitrogen and oxygen atoms in total. The molecule has 1 aliphatic rings. The van der Waals surface area contributed by atoms with Crippen LogP contribution >= 0.6 is 11.8 Å². The van der Waals surface area contributed by atoms with Crippen LogP contribution in [0, 0.1) is 6.92 Å². The quantitative estimate of drug-likeness (QED) is 0.686. The van der Waals surface area contributed by atoms with E-state index in [2.05, 4.69) is 5.32 Å². The van der Waals surface area contributed by atoms with Crippen LogP contribution in [-0.2, 0) is 26.0 Å². The van der Waals surface area contributed by atoms with Gasteiger partial charge < -0.3 is 5.11 Å². The van der Waals surface area contributed by atoms with Gasteiger partial charge in [-0.05, 0) is 24.6 Å². The van der Waals surface area contributed by atoms with Gasteiger partial charge in [0.1, 0.15) is 11.4 Å². The number of sulfonamides is 1. The SMILES string of the molecule is Cc1ccc(S(=O)(=O)N(C(=O)[C@H]2NCCS2)[C@@H](Cc2ccccc2)C(=O)O)cc1. The fraction of sp³-hybridized carbons (Fsp3) is 0.300. The number of amides is 1. The minimum Gasteiger partial charge on any atom is -0.480 e. The van der Waals surface area contributed by atoms with Crippen molar-refractivity contribution in [3.8, 4) is 0 Å². The molecule has 154 valence electrons. The summed E-state index contributed by atoms with van der Waals surface area (Å²) in [6.07, 6.45) is -0.121. The van der Waals surface area contributed by atoms with Gasteiger partial charge in [-0.3, -0.25) is 10.1 Å². The highest BCUT2D eigenvalue weighted by atomic mass is 32.2. The van der Waals surface area contributed by atoms with E-state index >= 15 is 0 Å². The molecule has 29 heavy (non-hydrogen) atoms. The number of nitrogens with one attached hydrogen (secondary N) is 1. The summed E-state index contributed by atoms with van der Waals surface area (Å²) in [7, 11) is -4.37. The van der Waals surface area contributed by atoms with Crippen molar-refractivity contribution in [2.45, 2.75) is 29.7 Å². The van der Waals surface area contributed by atoms with Crippen LogP contribution in [0.15, 0.2) is 59.5 Å². The molecule has 0 spiro atoms. The van der Waals surface area contributed by atoms with E-state index in [1.807, 2.05) is 6.92 Å². The zero-order valence-electron chi connectivity index (χ0n) is 15.8. The van der Waals surface area contributed by atoms with Gasteiger partial charge >= 0.3 is 5.97 Å². The monoisotopic (exact) mass is 434 g/mol. The molecule has 1 aliphatic heterocycles. The molecule has 9 heteroatoms. The number of aliphatic carboxylic acids is 1. The van der Waals surface area contributed by atoms with Crippen molar-refractivity contribution in [3.05, 3.63) is 65.7 Å². The van der Waals surface area contributed by atoms with E-state index in [4.69, 9.17) is 0 Å². The third-order valence-corrected chi connectivity index (χ3v) is 7.54. The second kappa shape index (κ2) is 8.98. The summed E-state index contributed by atoms with van der Waals surface area (Å²) in [5, 5.41) is 12.0. The standard InChI is InChI=1S/C20H22N2O5S2/c1-14-7-9-16(10-8-14)29(26,27)22(19(23)18-21-11-12-28-18)17(20(24)25)13-15-5-3-2-4-6-15/h2-10,17-18,21H,11-13H2,1H3,(H,24,25)/t17-,18-/m0/s1. The smallest absolute Gasteiger partial charge is 0.328 e. The number of aryl methyl sites for hydroxylation is 1. The minimum absolute atomic E-state index is 0.112. The molecule has 0 saturated carbocycles. The van der Waals surface area contributed by atoms with Crippen molar-refractivity contribution in [1.82, 2.24) is 9.62 Å². The normalized spacial score (nSPS) is 17.6. The Hall–Kier alpha value is -2.36. The van der Waals surface area contributed by atoms with Crippen molar-refractivity contribution < 1.29 is 23.1 Å². The Kier molecular flexibility index (Phi) is 6.61. The molecule has 2 aromatic carbocycles. The summed E-state index contributed by atoms with van der Waals surface area (Å²) >= 11 is 1.27. The number of carbonyl (C=O) groups is 2. The highest BCUT2D eigenvalue weighted by Crippen LogP contribution is 2.26. The first kappa shape index (κ1) is 21.4. The first-order valence-corrected chi connectivity index (χ1v) is 11.6. The largest absolute Gasteiger partial charge is 0.480 e. The van der Waals surface area contributed by atoms with Gasteiger partial charge in [-0.1, -0.05) is 48.0 Å². The Labute approximate surface area is 174 Å². The number of nitrogens with zero attached hydrogens (tertiary/aromatic N) is 1. The van der Waals surface area contributed by atoms with Crippen LogP contribution < -0.4 is 5.32 Å². The third kappa shape index (κ3) is 4.80. The summed E-state index contributed by atoms with van der Waals surface area (Å²) in [5.41, 5.74) is 1.48. The molecule has 0 bridgehead atoms. The maximum absolute atomic E-state index is 13.4. The average molecular weight is 435 g/mol. The van der Waals surface area contributed by atoms with Crippen molar-refractivity contribution >= 4 is 33.7 Å². The van der Waals surface area contributed by atoms with Gasteiger partial charge in [-0.2, -0.15) is 0 Å². The van der Waals surface area contributed by atoms with Gasteiger partial charge in [0.05, 0.1) is 4.90 Å². The van der Waals surface area contributed by atoms with E-state index in [1.54, 1.807) is 42.5 Å². The first-order chi connectivity index (χ1) is 13.8. The fourth-order valence-electron chi connectivity index (χ4n) is 3.07. The lowest BCUT2D eigenvalue weighted by molar-refractivity contribution is -0.146. The Morgan fingerprint density at radius 3 is 2.38 bits per heavy atom. The summed E-state index contributed by atoms with van der Waals surface area (Å²) in [4.78, 5) is 25.2. The van der Waals surface area contributed by atoms with E-state index in [0.29, 0.717) is 22.2 Å². The van der Waals surface area contributed by atoms with Gasteiger partial charge in [0, 0.05) is 18.7 Å². The van der Waals surface area contributed by atoms with Crippen LogP contribution in [0.25, 0.3) is 0 Å². The number of hydrogen-bond acceptors (Lipinski definition) is 6. The molecule has 0 radical (unpaired) electrons. The van der Waals surface area contributed by atoms with Gasteiger partial charge in [-0.25, -0.2) is 17.5 Å². The maximum atomic E-state index is 13.4. The molecule has 2 atom stereocenters. The van der Waals surface area contributed by atoms with Crippen LogP contribution in [-0.4, -0.2) is 53.4 Å². The Morgan fingerprint density at radius 2 is 1.83 bits per heavy atom. The topological polar surface area (TPSA) is 104 Å². The molecule has 2 N–H and O–H groups in total. The Balaban J connectivity index is 2.06. The summed E-state index contributed by atoms with van der Waals surface area (Å²) < 4.78 is 27.3. The number of carboxylic acid groups (broad SMARTS) is 1. The fourth-order valence-corrected chi connectivity index (χ4v) is 5.65. The zero-order valence-corrected chi connectivity index (χ0v) is 17.4. The number of hydrogen-bond donors (Lipinski definition) is 2. The maximum Gasteiger partial charge on any atom is 0.328 e. The number of thioether (sulfide) groups is 1. The molecule has 0 aliphatic carbocycles. The third-order valence-electron chi connectivity index (χ3n) is 4.58. The Morgan fingerprint density at radius 1 is 1.17 bits per heavy atom. The lowest BCUT2D eigenvalue weighted by Gasteiger charge is -2.30. The van der Waals surface area contributed by atoms with Gasteiger partial charge in [0.15, 0.2) is 0 Å². The zero-order chi connectivity index (χ0) is 21.0. The molecular weight excluding hydrogens is 412 g/mol. The van der Waals surface area contributed by atoms with Crippen molar-refractivity contribution in [1.29, 1.82) is 0 Å². The van der Waals surface area contributed by atoms with Crippen LogP contribution in [0.5, 0.6) is 0 Å². The van der Waals surface area contributed by atoms with E-state index in [-0.39, 0.29) is 11.3 Å². The van der Waals surface area contributed by atoms with Crippen LogP contribution in [0.3, 0.4) is 0 Å². The molecule has 1 amide bonds. The van der Waals surface area contributed by atoms with Crippen LogP contribution in [0.1, 0.15) is 11.1 Å². The summed E-state index contributed by atoms with van der Waals surface area (Å²) in [6.45, 7) is 2.36. The van der Waals surface area contributed by atoms with Crippen LogP contribution in [0.2, 0.25) is 0 Å². The van der Waals surface area contributed by atoms with Gasteiger partial charge in [-0.15, -0.1) is 11.8 Å². The van der Waals surface area contributed by atoms with Gasteiger partial charge in [0.2, 0.25) is 0 Å². The van der Waals surface area contributed by atoms with Gasteiger partial charge in [0.25, 0.3) is 15.9 Å². The highest BCUT2D eigenvalue weighted by Gasteiger charge is 2.43. The highest BCUT2D eigenvalue weighted by molar-refractivity contribution is 8.01. The van der Waals surface area contributed by atoms with Crippen molar-refractivity contribution in [2.24, 2.45) is 0 Å². The molecule has 3 rings (SSSR count). The molecule has 0 aromatic heterocycles. The molecular formula is C20H22N2O5S2.